The topological polar surface area (TPSA) is 47.6 Å². The van der Waals surface area contributed by atoms with Gasteiger partial charge in [0.1, 0.15) is 5.54 Å². The van der Waals surface area contributed by atoms with Gasteiger partial charge >= 0.3 is 5.97 Å². The molecule has 2 unspecified atom stereocenters. The molecule has 20 heavy (non-hydrogen) atoms. The Bertz CT molecular complexity index is 258. The Balaban J connectivity index is 4.01. The maximum absolute atomic E-state index is 11.9. The number of likely N-dealkylation sites (N-methyl/N-ethyl adjacent to an activating group) is 1. The minimum absolute atomic E-state index is 0.0457. The highest BCUT2D eigenvalue weighted by Gasteiger charge is 2.35. The van der Waals surface area contributed by atoms with Crippen LogP contribution in [0.5, 0.6) is 0 Å². The van der Waals surface area contributed by atoms with Gasteiger partial charge in [0.25, 0.3) is 0 Å². The number of ether oxygens (including phenoxy) is 2. The number of carbonyl (C=O) groups is 1. The van der Waals surface area contributed by atoms with Crippen molar-refractivity contribution in [2.24, 2.45) is 0 Å². The average Bonchev–Trinajstić information content (AvgIpc) is 2.41. The monoisotopic (exact) mass is 287 g/mol. The van der Waals surface area contributed by atoms with Crippen molar-refractivity contribution in [2.45, 2.75) is 77.9 Å². The van der Waals surface area contributed by atoms with Crippen molar-refractivity contribution < 1.29 is 14.3 Å². The van der Waals surface area contributed by atoms with Gasteiger partial charge in [-0.25, -0.2) is 0 Å². The molecule has 120 valence electrons. The van der Waals surface area contributed by atoms with Gasteiger partial charge in [-0.15, -0.1) is 0 Å². The van der Waals surface area contributed by atoms with Crippen LogP contribution in [0.3, 0.4) is 0 Å². The third-order valence-electron chi connectivity index (χ3n) is 3.55. The molecule has 0 saturated carbocycles. The van der Waals surface area contributed by atoms with Crippen LogP contribution in [0, 0.1) is 0 Å². The SMILES string of the molecule is CCCCCCCOC(C)CC(C)(NCC)C(=O)OC. The molecular weight excluding hydrogens is 254 g/mol. The van der Waals surface area contributed by atoms with Crippen LogP contribution in [-0.2, 0) is 14.3 Å². The van der Waals surface area contributed by atoms with Crippen molar-refractivity contribution in [3.05, 3.63) is 0 Å². The lowest BCUT2D eigenvalue weighted by Crippen LogP contribution is -2.52. The zero-order valence-electron chi connectivity index (χ0n) is 14.0. The highest BCUT2D eigenvalue weighted by molar-refractivity contribution is 5.80. The number of unbranched alkanes of at least 4 members (excludes halogenated alkanes) is 4. The molecule has 0 aromatic rings. The van der Waals surface area contributed by atoms with Crippen LogP contribution in [0.15, 0.2) is 0 Å². The fraction of sp³-hybridized carbons (Fsp3) is 0.938. The van der Waals surface area contributed by atoms with Crippen LogP contribution in [0.2, 0.25) is 0 Å². The third-order valence-corrected chi connectivity index (χ3v) is 3.55. The summed E-state index contributed by atoms with van der Waals surface area (Å²) in [6.45, 7) is 9.60. The van der Waals surface area contributed by atoms with Crippen LogP contribution in [0.4, 0.5) is 0 Å². The third kappa shape index (κ3) is 7.85. The van der Waals surface area contributed by atoms with Crippen molar-refractivity contribution in [3.8, 4) is 0 Å². The summed E-state index contributed by atoms with van der Waals surface area (Å²) in [5, 5.41) is 3.20. The molecule has 0 aliphatic rings. The number of hydrogen-bond donors (Lipinski definition) is 1. The number of carbonyl (C=O) groups excluding carboxylic acids is 1. The molecule has 0 amide bonds. The lowest BCUT2D eigenvalue weighted by Gasteiger charge is -2.30. The Morgan fingerprint density at radius 1 is 1.20 bits per heavy atom. The standard InChI is InChI=1S/C16H33NO3/c1-6-8-9-10-11-12-20-14(3)13-16(4,17-7-2)15(18)19-5/h14,17H,6-13H2,1-5H3. The Morgan fingerprint density at radius 2 is 1.85 bits per heavy atom. The summed E-state index contributed by atoms with van der Waals surface area (Å²) in [4.78, 5) is 11.9. The van der Waals surface area contributed by atoms with Gasteiger partial charge < -0.3 is 14.8 Å². The number of esters is 1. The Hall–Kier alpha value is -0.610. The Kier molecular flexibility index (Phi) is 10.8. The largest absolute Gasteiger partial charge is 0.468 e. The van der Waals surface area contributed by atoms with E-state index in [2.05, 4.69) is 12.2 Å². The van der Waals surface area contributed by atoms with Crippen molar-refractivity contribution in [2.75, 3.05) is 20.3 Å². The first-order valence-electron chi connectivity index (χ1n) is 7.95. The molecule has 0 rings (SSSR count). The molecule has 0 aliphatic heterocycles. The predicted octanol–water partition coefficient (Wildman–Crippen LogP) is 3.29. The van der Waals surface area contributed by atoms with Gasteiger partial charge in [-0.1, -0.05) is 39.5 Å². The van der Waals surface area contributed by atoms with E-state index >= 15 is 0 Å². The molecule has 0 aromatic carbocycles. The summed E-state index contributed by atoms with van der Waals surface area (Å²) in [5.74, 6) is -0.224. The summed E-state index contributed by atoms with van der Waals surface area (Å²) in [6.07, 6.45) is 6.84. The van der Waals surface area contributed by atoms with Gasteiger partial charge in [-0.05, 0) is 26.8 Å². The number of rotatable bonds is 12. The molecule has 0 spiro atoms. The molecule has 4 heteroatoms. The van der Waals surface area contributed by atoms with Crippen LogP contribution in [-0.4, -0.2) is 37.9 Å². The summed E-state index contributed by atoms with van der Waals surface area (Å²) < 4.78 is 10.7. The second kappa shape index (κ2) is 11.1. The Morgan fingerprint density at radius 3 is 2.40 bits per heavy atom. The smallest absolute Gasteiger partial charge is 0.325 e. The van der Waals surface area contributed by atoms with Crippen LogP contribution in [0.25, 0.3) is 0 Å². The van der Waals surface area contributed by atoms with Crippen LogP contribution < -0.4 is 5.32 Å². The van der Waals surface area contributed by atoms with Gasteiger partial charge in [-0.2, -0.15) is 0 Å². The van der Waals surface area contributed by atoms with Crippen LogP contribution in [0.1, 0.15) is 66.2 Å². The summed E-state index contributed by atoms with van der Waals surface area (Å²) in [5.41, 5.74) is -0.662. The summed E-state index contributed by atoms with van der Waals surface area (Å²) in [7, 11) is 1.43. The molecule has 0 saturated heterocycles. The number of nitrogens with one attached hydrogen (secondary N) is 1. The molecule has 2 atom stereocenters. The highest BCUT2D eigenvalue weighted by atomic mass is 16.5. The van der Waals surface area contributed by atoms with Gasteiger partial charge in [0.2, 0.25) is 0 Å². The van der Waals surface area contributed by atoms with E-state index in [9.17, 15) is 4.79 Å². The minimum atomic E-state index is -0.662. The van der Waals surface area contributed by atoms with Crippen molar-refractivity contribution in [1.29, 1.82) is 0 Å². The second-order valence-electron chi connectivity index (χ2n) is 5.65. The summed E-state index contributed by atoms with van der Waals surface area (Å²) >= 11 is 0. The van der Waals surface area contributed by atoms with E-state index < -0.39 is 5.54 Å². The van der Waals surface area contributed by atoms with Crippen molar-refractivity contribution in [3.63, 3.8) is 0 Å². The molecular formula is C16H33NO3. The maximum atomic E-state index is 11.9. The molecule has 0 aliphatic carbocycles. The first kappa shape index (κ1) is 19.4. The Labute approximate surface area is 124 Å². The fourth-order valence-electron chi connectivity index (χ4n) is 2.47. The van der Waals surface area contributed by atoms with E-state index in [4.69, 9.17) is 9.47 Å². The van der Waals surface area contributed by atoms with E-state index in [1.54, 1.807) is 0 Å². The first-order chi connectivity index (χ1) is 9.50. The van der Waals surface area contributed by atoms with E-state index in [1.165, 1.54) is 32.8 Å². The molecule has 1 N–H and O–H groups in total. The van der Waals surface area contributed by atoms with E-state index in [-0.39, 0.29) is 12.1 Å². The molecule has 0 heterocycles. The minimum Gasteiger partial charge on any atom is -0.468 e. The average molecular weight is 287 g/mol. The van der Waals surface area contributed by atoms with Crippen LogP contribution >= 0.6 is 0 Å². The van der Waals surface area contributed by atoms with Gasteiger partial charge in [0.15, 0.2) is 0 Å². The lowest BCUT2D eigenvalue weighted by atomic mass is 9.94. The fourth-order valence-corrected chi connectivity index (χ4v) is 2.47. The molecule has 4 nitrogen and oxygen atoms in total. The predicted molar refractivity (Wildman–Crippen MR) is 82.9 cm³/mol. The van der Waals surface area contributed by atoms with E-state index in [0.717, 1.165) is 19.6 Å². The normalized spacial score (nSPS) is 15.7. The maximum Gasteiger partial charge on any atom is 0.325 e. The molecule has 0 bridgehead atoms. The number of hydrogen-bond acceptors (Lipinski definition) is 4. The lowest BCUT2D eigenvalue weighted by molar-refractivity contribution is -0.149. The zero-order chi connectivity index (χ0) is 15.4. The summed E-state index contributed by atoms with van der Waals surface area (Å²) in [6, 6.07) is 0. The van der Waals surface area contributed by atoms with E-state index in [1.807, 2.05) is 20.8 Å². The first-order valence-corrected chi connectivity index (χ1v) is 7.95. The second-order valence-corrected chi connectivity index (χ2v) is 5.65. The highest BCUT2D eigenvalue weighted by Crippen LogP contribution is 2.17. The van der Waals surface area contributed by atoms with Gasteiger partial charge in [0, 0.05) is 13.0 Å². The molecule has 0 aromatic heterocycles. The quantitative estimate of drug-likeness (QED) is 0.442. The zero-order valence-corrected chi connectivity index (χ0v) is 14.0. The van der Waals surface area contributed by atoms with Gasteiger partial charge in [-0.3, -0.25) is 4.79 Å². The van der Waals surface area contributed by atoms with Crippen molar-refractivity contribution >= 4 is 5.97 Å². The molecule has 0 radical (unpaired) electrons. The van der Waals surface area contributed by atoms with Gasteiger partial charge in [0.05, 0.1) is 13.2 Å². The van der Waals surface area contributed by atoms with E-state index in [0.29, 0.717) is 6.42 Å². The van der Waals surface area contributed by atoms with Crippen molar-refractivity contribution in [1.82, 2.24) is 5.32 Å². The number of methoxy groups -OCH3 is 1. The molecule has 0 fully saturated rings.